The molecule has 158 valence electrons. The fourth-order valence-corrected chi connectivity index (χ4v) is 4.45. The van der Waals surface area contributed by atoms with Crippen molar-refractivity contribution in [2.24, 2.45) is 5.10 Å². The van der Waals surface area contributed by atoms with Gasteiger partial charge in [0, 0.05) is 37.5 Å². The Morgan fingerprint density at radius 3 is 2.48 bits per heavy atom. The molecule has 0 saturated carbocycles. The Morgan fingerprint density at radius 1 is 1.03 bits per heavy atom. The highest BCUT2D eigenvalue weighted by Crippen LogP contribution is 2.23. The first-order chi connectivity index (χ1) is 14.8. The quantitative estimate of drug-likeness (QED) is 0.283. The fraction of sp³-hybridized carbons (Fsp3) is 0.208. The van der Waals surface area contributed by atoms with Crippen LogP contribution in [0, 0.1) is 13.8 Å². The van der Waals surface area contributed by atoms with Crippen LogP contribution in [0.4, 0.5) is 0 Å². The summed E-state index contributed by atoms with van der Waals surface area (Å²) < 4.78 is 5.46. The van der Waals surface area contributed by atoms with Gasteiger partial charge in [0.2, 0.25) is 0 Å². The summed E-state index contributed by atoms with van der Waals surface area (Å²) >= 11 is 6.98. The van der Waals surface area contributed by atoms with Crippen molar-refractivity contribution in [2.75, 3.05) is 0 Å². The lowest BCUT2D eigenvalue weighted by Crippen LogP contribution is -2.23. The third kappa shape index (κ3) is 4.16. The number of aryl methyl sites for hydroxylation is 1. The van der Waals surface area contributed by atoms with Crippen LogP contribution in [0.3, 0.4) is 0 Å². The molecule has 0 spiro atoms. The smallest absolute Gasteiger partial charge is 0.282 e. The number of fused-ring (bicyclic) bond motifs is 1. The van der Waals surface area contributed by atoms with Crippen LogP contribution in [0.15, 0.2) is 67.4 Å². The molecular weight excluding hydrogens is 520 g/mol. The van der Waals surface area contributed by atoms with Crippen molar-refractivity contribution in [1.82, 2.24) is 14.2 Å². The highest BCUT2D eigenvalue weighted by Gasteiger charge is 2.15. The van der Waals surface area contributed by atoms with Crippen LogP contribution < -0.4 is 5.56 Å². The molecule has 0 amide bonds. The number of hydrogen-bond donors (Lipinski definition) is 0. The van der Waals surface area contributed by atoms with Crippen molar-refractivity contribution in [3.05, 3.63) is 90.6 Å². The topological polar surface area (TPSA) is 52.2 Å². The van der Waals surface area contributed by atoms with E-state index in [1.165, 1.54) is 4.68 Å². The van der Waals surface area contributed by atoms with Crippen LogP contribution in [-0.4, -0.2) is 20.4 Å². The van der Waals surface area contributed by atoms with Gasteiger partial charge in [-0.25, -0.2) is 4.98 Å². The molecule has 0 atom stereocenters. The van der Waals surface area contributed by atoms with Crippen LogP contribution in [0.5, 0.6) is 0 Å². The van der Waals surface area contributed by atoms with E-state index >= 15 is 0 Å². The summed E-state index contributed by atoms with van der Waals surface area (Å²) in [5.41, 5.74) is 4.67. The molecule has 0 saturated heterocycles. The predicted octanol–water partition coefficient (Wildman–Crippen LogP) is 6.33. The SMILES string of the molecule is Cc1cc(C=Nn2c(C(C)C)nc3ccc(Br)cc3c2=O)c(C)n1-c1cccc(Br)c1. The molecular formula is C24H22Br2N4O. The van der Waals surface area contributed by atoms with Gasteiger partial charge in [-0.05, 0) is 56.3 Å². The summed E-state index contributed by atoms with van der Waals surface area (Å²) in [6.45, 7) is 8.14. The van der Waals surface area contributed by atoms with E-state index in [1.54, 1.807) is 12.3 Å². The summed E-state index contributed by atoms with van der Waals surface area (Å²) in [7, 11) is 0. The molecule has 0 N–H and O–H groups in total. The second kappa shape index (κ2) is 8.55. The van der Waals surface area contributed by atoms with Gasteiger partial charge in [-0.2, -0.15) is 9.78 Å². The van der Waals surface area contributed by atoms with E-state index in [0.717, 1.165) is 31.6 Å². The molecule has 4 aromatic rings. The lowest BCUT2D eigenvalue weighted by atomic mass is 10.2. The summed E-state index contributed by atoms with van der Waals surface area (Å²) in [5.74, 6) is 0.684. The summed E-state index contributed by atoms with van der Waals surface area (Å²) in [6.07, 6.45) is 1.75. The molecule has 0 radical (unpaired) electrons. The molecule has 5 nitrogen and oxygen atoms in total. The first kappa shape index (κ1) is 21.7. The van der Waals surface area contributed by atoms with E-state index in [4.69, 9.17) is 4.98 Å². The van der Waals surface area contributed by atoms with Crippen molar-refractivity contribution < 1.29 is 0 Å². The molecule has 0 unspecified atom stereocenters. The molecule has 0 bridgehead atoms. The van der Waals surface area contributed by atoms with Crippen LogP contribution >= 0.6 is 31.9 Å². The number of benzene rings is 2. The van der Waals surface area contributed by atoms with Crippen molar-refractivity contribution in [3.8, 4) is 5.69 Å². The highest BCUT2D eigenvalue weighted by atomic mass is 79.9. The van der Waals surface area contributed by atoms with E-state index < -0.39 is 0 Å². The largest absolute Gasteiger partial charge is 0.318 e. The van der Waals surface area contributed by atoms with E-state index in [-0.39, 0.29) is 11.5 Å². The Kier molecular flexibility index (Phi) is 5.99. The molecule has 0 aliphatic carbocycles. The van der Waals surface area contributed by atoms with Crippen LogP contribution in [0.1, 0.15) is 42.5 Å². The van der Waals surface area contributed by atoms with Crippen molar-refractivity contribution in [3.63, 3.8) is 0 Å². The van der Waals surface area contributed by atoms with Gasteiger partial charge in [-0.3, -0.25) is 4.79 Å². The minimum atomic E-state index is -0.174. The monoisotopic (exact) mass is 540 g/mol. The van der Waals surface area contributed by atoms with Gasteiger partial charge in [0.1, 0.15) is 5.82 Å². The Balaban J connectivity index is 1.84. The maximum atomic E-state index is 13.2. The number of aromatic nitrogens is 3. The van der Waals surface area contributed by atoms with Gasteiger partial charge in [-0.1, -0.05) is 51.8 Å². The van der Waals surface area contributed by atoms with Crippen molar-refractivity contribution >= 4 is 49.0 Å². The normalized spacial score (nSPS) is 11.8. The minimum Gasteiger partial charge on any atom is -0.318 e. The fourth-order valence-electron chi connectivity index (χ4n) is 3.70. The van der Waals surface area contributed by atoms with Gasteiger partial charge in [0.15, 0.2) is 0 Å². The molecule has 4 rings (SSSR count). The molecule has 0 fully saturated rings. The molecule has 0 aliphatic heterocycles. The van der Waals surface area contributed by atoms with Gasteiger partial charge in [-0.15, -0.1) is 0 Å². The Labute approximate surface area is 197 Å². The minimum absolute atomic E-state index is 0.0481. The maximum absolute atomic E-state index is 13.2. The average Bonchev–Trinajstić information content (AvgIpc) is 3.00. The first-order valence-electron chi connectivity index (χ1n) is 9.97. The highest BCUT2D eigenvalue weighted by molar-refractivity contribution is 9.10. The van der Waals surface area contributed by atoms with Gasteiger partial charge in [0.05, 0.1) is 17.1 Å². The predicted molar refractivity (Wildman–Crippen MR) is 134 cm³/mol. The standard InChI is InChI=1S/C24H22Br2N4O/c1-14(2)23-28-22-9-8-19(26)12-21(22)24(31)30(23)27-13-17-10-15(3)29(16(17)4)20-7-5-6-18(25)11-20/h5-14H,1-4H3. The number of halogens is 2. The lowest BCUT2D eigenvalue weighted by molar-refractivity contribution is 0.665. The molecule has 31 heavy (non-hydrogen) atoms. The van der Waals surface area contributed by atoms with Gasteiger partial charge >= 0.3 is 0 Å². The van der Waals surface area contributed by atoms with Gasteiger partial charge < -0.3 is 4.57 Å². The summed E-state index contributed by atoms with van der Waals surface area (Å²) in [6, 6.07) is 15.8. The van der Waals surface area contributed by atoms with E-state index in [1.807, 2.05) is 38.1 Å². The number of nitrogens with zero attached hydrogens (tertiary/aromatic N) is 4. The third-order valence-electron chi connectivity index (χ3n) is 5.20. The van der Waals surface area contributed by atoms with Crippen LogP contribution in [-0.2, 0) is 0 Å². The molecule has 2 heterocycles. The van der Waals surface area contributed by atoms with Crippen molar-refractivity contribution in [2.45, 2.75) is 33.6 Å². The zero-order chi connectivity index (χ0) is 22.3. The van der Waals surface area contributed by atoms with Crippen LogP contribution in [0.25, 0.3) is 16.6 Å². The molecule has 2 aromatic carbocycles. The summed E-state index contributed by atoms with van der Waals surface area (Å²) in [5, 5.41) is 5.12. The molecule has 0 aliphatic rings. The van der Waals surface area contributed by atoms with E-state index in [0.29, 0.717) is 16.7 Å². The maximum Gasteiger partial charge on any atom is 0.282 e. The zero-order valence-corrected chi connectivity index (χ0v) is 20.9. The Hall–Kier alpha value is -2.51. The molecule has 2 aromatic heterocycles. The number of hydrogen-bond acceptors (Lipinski definition) is 3. The van der Waals surface area contributed by atoms with E-state index in [2.05, 4.69) is 73.6 Å². The first-order valence-corrected chi connectivity index (χ1v) is 11.6. The third-order valence-corrected chi connectivity index (χ3v) is 6.19. The second-order valence-corrected chi connectivity index (χ2v) is 9.62. The molecule has 7 heteroatoms. The summed E-state index contributed by atoms with van der Waals surface area (Å²) in [4.78, 5) is 17.9. The number of rotatable bonds is 4. The van der Waals surface area contributed by atoms with Crippen molar-refractivity contribution in [1.29, 1.82) is 0 Å². The Bertz CT molecular complexity index is 1380. The van der Waals surface area contributed by atoms with Crippen LogP contribution in [0.2, 0.25) is 0 Å². The van der Waals surface area contributed by atoms with E-state index in [9.17, 15) is 4.79 Å². The Morgan fingerprint density at radius 2 is 1.77 bits per heavy atom. The second-order valence-electron chi connectivity index (χ2n) is 7.79. The zero-order valence-electron chi connectivity index (χ0n) is 17.7. The average molecular weight is 542 g/mol. The van der Waals surface area contributed by atoms with Gasteiger partial charge in [0.25, 0.3) is 5.56 Å². The lowest BCUT2D eigenvalue weighted by Gasteiger charge is -2.12.